The molecule has 1 aromatic heterocycles. The van der Waals surface area contributed by atoms with Gasteiger partial charge in [-0.25, -0.2) is 4.79 Å². The Bertz CT molecular complexity index is 841. The van der Waals surface area contributed by atoms with Crippen molar-refractivity contribution in [1.82, 2.24) is 0 Å². The van der Waals surface area contributed by atoms with Gasteiger partial charge in [0.15, 0.2) is 5.75 Å². The Balaban J connectivity index is 2.30. The van der Waals surface area contributed by atoms with Crippen LogP contribution in [0.15, 0.2) is 88.3 Å². The molecule has 2 aromatic carbocycles. The van der Waals surface area contributed by atoms with Crippen LogP contribution in [0.4, 0.5) is 0 Å². The van der Waals surface area contributed by atoms with Crippen molar-refractivity contribution in [2.75, 3.05) is 0 Å². The van der Waals surface area contributed by atoms with Crippen LogP contribution < -0.4 is 20.4 Å². The van der Waals surface area contributed by atoms with E-state index in [1.807, 2.05) is 36.4 Å². The number of rotatable bonds is 4. The lowest BCUT2D eigenvalue weighted by Crippen LogP contribution is -2.69. The largest absolute Gasteiger partial charge is 0.529 e. The van der Waals surface area contributed by atoms with Gasteiger partial charge < -0.3 is 8.84 Å². The van der Waals surface area contributed by atoms with E-state index in [9.17, 15) is 4.79 Å². The van der Waals surface area contributed by atoms with Crippen molar-refractivity contribution in [3.8, 4) is 5.75 Å². The second-order valence-electron chi connectivity index (χ2n) is 7.03. The van der Waals surface area contributed by atoms with Gasteiger partial charge in [-0.05, 0) is 27.5 Å². The summed E-state index contributed by atoms with van der Waals surface area (Å²) in [5, 5.41) is 2.05. The Labute approximate surface area is 149 Å². The molecule has 0 aliphatic rings. The molecule has 0 radical (unpaired) electrons. The Morgan fingerprint density at radius 1 is 0.800 bits per heavy atom. The van der Waals surface area contributed by atoms with Crippen LogP contribution in [-0.4, -0.2) is 8.32 Å². The van der Waals surface area contributed by atoms with Crippen LogP contribution in [0.3, 0.4) is 0 Å². The van der Waals surface area contributed by atoms with Crippen LogP contribution in [0.2, 0.25) is 5.04 Å². The summed E-state index contributed by atoms with van der Waals surface area (Å²) in [6, 6.07) is 23.8. The van der Waals surface area contributed by atoms with Crippen LogP contribution in [0.1, 0.15) is 20.8 Å². The first-order chi connectivity index (χ1) is 11.9. The van der Waals surface area contributed by atoms with Gasteiger partial charge in [-0.3, -0.25) is 0 Å². The molecule has 3 aromatic rings. The molecule has 4 heteroatoms. The number of hydrogen-bond donors (Lipinski definition) is 0. The maximum atomic E-state index is 12.2. The molecule has 0 aliphatic carbocycles. The highest BCUT2D eigenvalue weighted by molar-refractivity contribution is 7.00. The summed E-state index contributed by atoms with van der Waals surface area (Å²) in [6.45, 7) is 6.51. The normalized spacial score (nSPS) is 12.0. The maximum Gasteiger partial charge on any atom is 0.377 e. The molecule has 0 bridgehead atoms. The van der Waals surface area contributed by atoms with Gasteiger partial charge in [0.2, 0.25) is 0 Å². The molecule has 0 fully saturated rings. The molecule has 0 N–H and O–H groups in total. The van der Waals surface area contributed by atoms with Gasteiger partial charge in [-0.1, -0.05) is 81.4 Å². The zero-order valence-corrected chi connectivity index (χ0v) is 15.7. The molecule has 1 heterocycles. The van der Waals surface area contributed by atoms with Crippen LogP contribution >= 0.6 is 0 Å². The summed E-state index contributed by atoms with van der Waals surface area (Å²) in [5.74, 6) is 0.261. The molecule has 0 spiro atoms. The minimum absolute atomic E-state index is 0.196. The topological polar surface area (TPSA) is 39.4 Å². The SMILES string of the molecule is CC(C)(C)[Si](Oc1cccoc1=O)(c1ccccc1)c1ccccc1. The Morgan fingerprint density at radius 2 is 1.32 bits per heavy atom. The van der Waals surface area contributed by atoms with Crippen LogP contribution in [-0.2, 0) is 0 Å². The van der Waals surface area contributed by atoms with Gasteiger partial charge in [0, 0.05) is 0 Å². The first kappa shape index (κ1) is 17.2. The molecule has 0 saturated heterocycles. The first-order valence-corrected chi connectivity index (χ1v) is 10.2. The Morgan fingerprint density at radius 3 is 1.76 bits per heavy atom. The molecule has 0 aliphatic heterocycles. The van der Waals surface area contributed by atoms with Crippen molar-refractivity contribution in [1.29, 1.82) is 0 Å². The Hall–Kier alpha value is -2.59. The summed E-state index contributed by atoms with van der Waals surface area (Å²) in [7, 11) is -2.78. The molecule has 0 unspecified atom stereocenters. The van der Waals surface area contributed by atoms with Crippen molar-refractivity contribution in [2.24, 2.45) is 0 Å². The van der Waals surface area contributed by atoms with Gasteiger partial charge in [-0.2, -0.15) is 0 Å². The summed E-state index contributed by atoms with van der Waals surface area (Å²) in [4.78, 5) is 12.2. The fraction of sp³-hybridized carbons (Fsp3) is 0.190. The fourth-order valence-electron chi connectivity index (χ4n) is 3.24. The third kappa shape index (κ3) is 3.17. The maximum absolute atomic E-state index is 12.2. The van der Waals surface area contributed by atoms with Gasteiger partial charge in [0.05, 0.1) is 6.26 Å². The van der Waals surface area contributed by atoms with E-state index in [1.165, 1.54) is 6.26 Å². The van der Waals surface area contributed by atoms with E-state index >= 15 is 0 Å². The van der Waals surface area contributed by atoms with Crippen LogP contribution in [0.5, 0.6) is 5.75 Å². The van der Waals surface area contributed by atoms with E-state index in [1.54, 1.807) is 12.1 Å². The van der Waals surface area contributed by atoms with Gasteiger partial charge in [-0.15, -0.1) is 0 Å². The molecule has 0 amide bonds. The Kier molecular flexibility index (Phi) is 4.64. The van der Waals surface area contributed by atoms with Crippen molar-refractivity contribution in [3.05, 3.63) is 89.5 Å². The predicted molar refractivity (Wildman–Crippen MR) is 103 cm³/mol. The molecule has 0 saturated carbocycles. The predicted octanol–water partition coefficient (Wildman–Crippen LogP) is 3.58. The van der Waals surface area contributed by atoms with Crippen molar-refractivity contribution >= 4 is 18.7 Å². The molecular weight excluding hydrogens is 328 g/mol. The van der Waals surface area contributed by atoms with Gasteiger partial charge in [0.1, 0.15) is 0 Å². The van der Waals surface area contributed by atoms with E-state index in [2.05, 4.69) is 45.0 Å². The highest BCUT2D eigenvalue weighted by Gasteiger charge is 2.52. The summed E-state index contributed by atoms with van der Waals surface area (Å²) >= 11 is 0. The lowest BCUT2D eigenvalue weighted by molar-refractivity contribution is 0.441. The summed E-state index contributed by atoms with van der Waals surface area (Å²) in [6.07, 6.45) is 1.38. The van der Waals surface area contributed by atoms with Crippen LogP contribution in [0, 0.1) is 0 Å². The lowest BCUT2D eigenvalue weighted by Gasteiger charge is -2.42. The molecule has 0 atom stereocenters. The molecular formula is C21H22O3Si. The lowest BCUT2D eigenvalue weighted by atomic mass is 10.2. The molecule has 3 rings (SSSR count). The molecule has 3 nitrogen and oxygen atoms in total. The van der Waals surface area contributed by atoms with E-state index in [0.717, 1.165) is 10.4 Å². The van der Waals surface area contributed by atoms with Gasteiger partial charge >= 0.3 is 13.9 Å². The quantitative estimate of drug-likeness (QED) is 0.675. The zero-order chi connectivity index (χ0) is 17.9. The fourth-order valence-corrected chi connectivity index (χ4v) is 7.66. The van der Waals surface area contributed by atoms with E-state index in [4.69, 9.17) is 8.84 Å². The monoisotopic (exact) mass is 350 g/mol. The van der Waals surface area contributed by atoms with E-state index in [-0.39, 0.29) is 10.8 Å². The average Bonchev–Trinajstić information content (AvgIpc) is 2.61. The average molecular weight is 350 g/mol. The first-order valence-electron chi connectivity index (χ1n) is 8.33. The van der Waals surface area contributed by atoms with Crippen LogP contribution in [0.25, 0.3) is 0 Å². The van der Waals surface area contributed by atoms with E-state index < -0.39 is 13.9 Å². The van der Waals surface area contributed by atoms with Crippen molar-refractivity contribution < 1.29 is 8.84 Å². The third-order valence-electron chi connectivity index (χ3n) is 4.38. The number of hydrogen-bond acceptors (Lipinski definition) is 3. The standard InChI is InChI=1S/C21H22O3Si/c1-21(2,3)25(17-11-6-4-7-12-17,18-13-8-5-9-14-18)24-19-15-10-16-23-20(19)22/h4-16H,1-3H3. The van der Waals surface area contributed by atoms with Crippen molar-refractivity contribution in [3.63, 3.8) is 0 Å². The zero-order valence-electron chi connectivity index (χ0n) is 14.7. The highest BCUT2D eigenvalue weighted by Crippen LogP contribution is 2.36. The second-order valence-corrected chi connectivity index (χ2v) is 11.3. The summed E-state index contributed by atoms with van der Waals surface area (Å²) < 4.78 is 11.6. The van der Waals surface area contributed by atoms with E-state index in [0.29, 0.717) is 0 Å². The second kappa shape index (κ2) is 6.73. The van der Waals surface area contributed by atoms with Crippen molar-refractivity contribution in [2.45, 2.75) is 25.8 Å². The highest BCUT2D eigenvalue weighted by atomic mass is 28.4. The molecule has 25 heavy (non-hydrogen) atoms. The third-order valence-corrected chi connectivity index (χ3v) is 9.31. The smallest absolute Gasteiger partial charge is 0.377 e. The van der Waals surface area contributed by atoms with Gasteiger partial charge in [0.25, 0.3) is 0 Å². The summed E-state index contributed by atoms with van der Waals surface area (Å²) in [5.41, 5.74) is -0.449. The minimum atomic E-state index is -2.78. The number of benzene rings is 2. The molecule has 128 valence electrons. The minimum Gasteiger partial charge on any atom is -0.529 e.